The van der Waals surface area contributed by atoms with Gasteiger partial charge in [-0.25, -0.2) is 39.5 Å². The van der Waals surface area contributed by atoms with Crippen molar-refractivity contribution < 1.29 is 58.6 Å². The number of anilines is 3. The SMILES string of the molecule is CC(C)(CN)CO.CN(C(=O)OC(C)(C)C)c1cc(-c2cn(CCN3CCOCC3)c3ncccc23)nc2c(C(=O)O)cnn12.CN(Cc1ccccc1)c1cc(-c2cn(CCN3CCOCC3)c3ncccc23)nc2c(C(=O)NCC(C)(C)CO)cnn12.CNc1cc(-c2cn(CCN3CCOCC3)c3ncccc23)nc2c(C(=O)NCC(C)(C)CO)cnn12. The van der Waals surface area contributed by atoms with Crippen LogP contribution in [0.3, 0.4) is 0 Å². The standard InChI is InChI=1S/C33H40N8O3.C26H34N8O3.C26H31N7O5.C5H13NO/c1-33(2,23-42)22-35-32(43)26-19-36-41-29(38(3)20-24-8-5-4-6-9-24)18-28(37-31(26)41)27-21-40(30-25(27)10-7-11-34-30)13-12-39-14-16-44-17-15-39;1-26(2,17-35)16-29-25(36)19-14-30-34-22(27-3)13-21(31-24(19)34)20-15-33(23-18(20)5-4-6-28-23)8-7-32-9-11-37-12-10-32;1-26(2,3)38-25(36)30(4)21-14-20(29-23-18(24(34)35)15-28-33(21)23)19-16-32(22-17(19)6-5-7-27-22)9-8-31-10-12-37-13-11-31;1-5(2,3-6)4-7/h4-11,18-19,21,42H,12-17,20,22-23H2,1-3H3,(H,35,43);4-6,13-15,27,35H,7-12,16-17H2,1-3H3,(H,29,36);5-7,14-16H,8-13H2,1-4H3,(H,34,35);7H,3-4,6H2,1-2H3. The van der Waals surface area contributed by atoms with Gasteiger partial charge < -0.3 is 79.7 Å². The fourth-order valence-electron chi connectivity index (χ4n) is 14.5. The molecule has 3 aliphatic rings. The second-order valence-corrected chi connectivity index (χ2v) is 35.1. The highest BCUT2D eigenvalue weighted by atomic mass is 16.6. The molecule has 12 aromatic heterocycles. The molecular formula is C90H118N24O12. The van der Waals surface area contributed by atoms with Crippen LogP contribution in [0.25, 0.3) is 83.8 Å². The Bertz CT molecular complexity index is 5900. The van der Waals surface area contributed by atoms with Gasteiger partial charge in [-0.15, -0.1) is 0 Å². The summed E-state index contributed by atoms with van der Waals surface area (Å²) in [6, 6.07) is 27.7. The molecule has 36 heteroatoms. The zero-order valence-corrected chi connectivity index (χ0v) is 74.0. The Kier molecular flexibility index (Phi) is 29.5. The minimum absolute atomic E-state index is 0.0298. The third-order valence-corrected chi connectivity index (χ3v) is 22.3. The number of hydrogen-bond acceptors (Lipinski definition) is 26. The van der Waals surface area contributed by atoms with E-state index in [1.165, 1.54) is 21.8 Å². The number of aromatic nitrogens is 15. The maximum atomic E-state index is 13.4. The Morgan fingerprint density at radius 2 is 0.865 bits per heavy atom. The number of amides is 3. The fourth-order valence-corrected chi connectivity index (χ4v) is 14.5. The first kappa shape index (κ1) is 91.7. The van der Waals surface area contributed by atoms with Crippen molar-refractivity contribution in [2.24, 2.45) is 22.0 Å². The second kappa shape index (κ2) is 40.6. The number of pyridine rings is 3. The largest absolute Gasteiger partial charge is 0.477 e. The molecular weight excluding hydrogens is 1610 g/mol. The summed E-state index contributed by atoms with van der Waals surface area (Å²) in [5.41, 5.74) is 13.7. The quantitative estimate of drug-likeness (QED) is 0.0228. The number of aliphatic hydroxyl groups is 3. The van der Waals surface area contributed by atoms with E-state index >= 15 is 0 Å². The van der Waals surface area contributed by atoms with Crippen molar-refractivity contribution in [2.75, 3.05) is 174 Å². The molecule has 1 aromatic carbocycles. The van der Waals surface area contributed by atoms with Crippen molar-refractivity contribution in [2.45, 2.75) is 94.1 Å². The van der Waals surface area contributed by atoms with Crippen LogP contribution < -0.4 is 31.5 Å². The molecule has 3 fully saturated rings. The predicted molar refractivity (Wildman–Crippen MR) is 483 cm³/mol. The minimum Gasteiger partial charge on any atom is -0.477 e. The number of fused-ring (bicyclic) bond motifs is 6. The number of hydrogen-bond donors (Lipinski definition) is 8. The van der Waals surface area contributed by atoms with E-state index in [-0.39, 0.29) is 48.3 Å². The van der Waals surface area contributed by atoms with Crippen molar-refractivity contribution in [3.63, 3.8) is 0 Å². The van der Waals surface area contributed by atoms with Crippen LogP contribution in [-0.2, 0) is 45.1 Å². The lowest BCUT2D eigenvalue weighted by molar-refractivity contribution is 0.0365. The number of nitrogens with zero attached hydrogens (tertiary/aromatic N) is 20. The molecule has 3 aliphatic heterocycles. The Hall–Kier alpha value is -12.0. The van der Waals surface area contributed by atoms with Crippen LogP contribution >= 0.6 is 0 Å². The summed E-state index contributed by atoms with van der Waals surface area (Å²) < 4.78 is 33.2. The number of nitrogens with two attached hydrogens (primary N) is 1. The van der Waals surface area contributed by atoms with Crippen molar-refractivity contribution in [3.8, 4) is 33.8 Å². The fraction of sp³-hybridized carbons (Fsp3) is 0.456. The molecule has 15 heterocycles. The number of carbonyl (C=O) groups is 4. The molecule has 0 radical (unpaired) electrons. The van der Waals surface area contributed by atoms with Crippen molar-refractivity contribution in [1.29, 1.82) is 0 Å². The number of carboxylic acids is 1. The van der Waals surface area contributed by atoms with Gasteiger partial charge in [0.1, 0.15) is 56.7 Å². The summed E-state index contributed by atoms with van der Waals surface area (Å²) in [5.74, 6) is 0.125. The van der Waals surface area contributed by atoms with Gasteiger partial charge in [-0.3, -0.25) is 29.2 Å². The Morgan fingerprint density at radius 1 is 0.484 bits per heavy atom. The van der Waals surface area contributed by atoms with E-state index in [1.54, 1.807) is 61.5 Å². The lowest BCUT2D eigenvalue weighted by atomic mass is 9.95. The van der Waals surface area contributed by atoms with Gasteiger partial charge in [-0.2, -0.15) is 28.8 Å². The molecule has 0 spiro atoms. The van der Waals surface area contributed by atoms with Gasteiger partial charge in [0, 0.05) is 244 Å². The molecule has 0 saturated carbocycles. The average molecular weight is 1730 g/mol. The third kappa shape index (κ3) is 22.1. The zero-order chi connectivity index (χ0) is 89.6. The predicted octanol–water partition coefficient (Wildman–Crippen LogP) is 8.44. The maximum Gasteiger partial charge on any atom is 0.415 e. The highest BCUT2D eigenvalue weighted by molar-refractivity contribution is 6.03. The summed E-state index contributed by atoms with van der Waals surface area (Å²) in [6.45, 7) is 33.7. The number of ether oxygens (including phenoxy) is 4. The van der Waals surface area contributed by atoms with Gasteiger partial charge in [-0.1, -0.05) is 71.9 Å². The number of aliphatic hydroxyl groups excluding tert-OH is 3. The Labute approximate surface area is 731 Å². The van der Waals surface area contributed by atoms with Crippen LogP contribution in [0.4, 0.5) is 22.2 Å². The zero-order valence-electron chi connectivity index (χ0n) is 74.0. The molecule has 0 aliphatic carbocycles. The molecule has 0 unspecified atom stereocenters. The normalized spacial score (nSPS) is 14.5. The lowest BCUT2D eigenvalue weighted by Crippen LogP contribution is -2.38. The van der Waals surface area contributed by atoms with Crippen LogP contribution in [0.15, 0.2) is 141 Å². The Morgan fingerprint density at radius 3 is 1.25 bits per heavy atom. The number of aromatic carboxylic acids is 1. The lowest BCUT2D eigenvalue weighted by Gasteiger charge is -2.26. The smallest absolute Gasteiger partial charge is 0.415 e. The van der Waals surface area contributed by atoms with Crippen molar-refractivity contribution in [3.05, 3.63) is 163 Å². The van der Waals surface area contributed by atoms with Gasteiger partial charge in [-0.05, 0) is 69.3 Å². The first-order valence-electron chi connectivity index (χ1n) is 42.6. The van der Waals surface area contributed by atoms with Gasteiger partial charge in [0.25, 0.3) is 11.8 Å². The summed E-state index contributed by atoms with van der Waals surface area (Å²) in [5, 5.41) is 62.7. The van der Waals surface area contributed by atoms with Gasteiger partial charge in [0.05, 0.1) is 75.3 Å². The molecule has 126 heavy (non-hydrogen) atoms. The molecule has 9 N–H and O–H groups in total. The topological polar surface area (TPSA) is 408 Å². The minimum atomic E-state index is -1.16. The molecule has 36 nitrogen and oxygen atoms in total. The first-order valence-corrected chi connectivity index (χ1v) is 42.6. The van der Waals surface area contributed by atoms with Crippen molar-refractivity contribution >= 4 is 91.4 Å². The average Bonchev–Trinajstić information content (AvgIpc) is 1.60. The van der Waals surface area contributed by atoms with Gasteiger partial charge in [0.2, 0.25) is 0 Å². The molecule has 670 valence electrons. The van der Waals surface area contributed by atoms with E-state index < -0.39 is 28.5 Å². The summed E-state index contributed by atoms with van der Waals surface area (Å²) >= 11 is 0. The number of morpholine rings is 3. The van der Waals surface area contributed by atoms with E-state index in [0.29, 0.717) is 72.5 Å². The molecule has 0 bridgehead atoms. The monoisotopic (exact) mass is 1730 g/mol. The number of rotatable bonds is 28. The molecule has 0 atom stereocenters. The number of carbonyl (C=O) groups excluding carboxylic acids is 3. The van der Waals surface area contributed by atoms with E-state index in [4.69, 9.17) is 44.7 Å². The molecule has 16 rings (SSSR count). The van der Waals surface area contributed by atoms with Gasteiger partial charge >= 0.3 is 12.1 Å². The highest BCUT2D eigenvalue weighted by Crippen LogP contribution is 2.37. The van der Waals surface area contributed by atoms with Crippen LogP contribution in [0.1, 0.15) is 99.0 Å². The highest BCUT2D eigenvalue weighted by Gasteiger charge is 2.31. The summed E-state index contributed by atoms with van der Waals surface area (Å²) in [4.78, 5) is 90.6. The summed E-state index contributed by atoms with van der Waals surface area (Å²) in [6.07, 6.45) is 15.3. The van der Waals surface area contributed by atoms with Crippen LogP contribution in [0, 0.1) is 16.2 Å². The van der Waals surface area contributed by atoms with Gasteiger partial charge in [0.15, 0.2) is 16.9 Å². The first-order chi connectivity index (χ1) is 60.5. The van der Waals surface area contributed by atoms with E-state index in [2.05, 4.69) is 116 Å². The second-order valence-electron chi connectivity index (χ2n) is 35.1. The third-order valence-electron chi connectivity index (χ3n) is 22.3. The van der Waals surface area contributed by atoms with E-state index in [9.17, 15) is 34.5 Å². The maximum absolute atomic E-state index is 13.4. The van der Waals surface area contributed by atoms with Crippen molar-refractivity contribution in [1.82, 2.24) is 97.8 Å². The van der Waals surface area contributed by atoms with Crippen LogP contribution in [-0.4, -0.2) is 296 Å². The number of benzene rings is 1. The van der Waals surface area contributed by atoms with E-state index in [0.717, 1.165) is 184 Å². The summed E-state index contributed by atoms with van der Waals surface area (Å²) in [7, 11) is 5.39. The number of carboxylic acid groups (broad SMARTS) is 1. The van der Waals surface area contributed by atoms with Crippen LogP contribution in [0.2, 0.25) is 0 Å². The molecule has 3 saturated heterocycles. The number of nitrogens with one attached hydrogen (secondary N) is 3. The van der Waals surface area contributed by atoms with E-state index in [1.807, 2.05) is 123 Å². The van der Waals surface area contributed by atoms with Crippen LogP contribution in [0.5, 0.6) is 0 Å². The molecule has 3 amide bonds. The Balaban J connectivity index is 0.000000156. The molecule has 13 aromatic rings.